The molecular formula is C11H24N2. The summed E-state index contributed by atoms with van der Waals surface area (Å²) in [7, 11) is 0. The van der Waals surface area contributed by atoms with E-state index in [9.17, 15) is 0 Å². The summed E-state index contributed by atoms with van der Waals surface area (Å²) in [6.45, 7) is 9.54. The lowest BCUT2D eigenvalue weighted by molar-refractivity contribution is 0.166. The summed E-state index contributed by atoms with van der Waals surface area (Å²) in [5.41, 5.74) is 0. The van der Waals surface area contributed by atoms with Gasteiger partial charge in [-0.3, -0.25) is 4.90 Å². The smallest absolute Gasteiger partial charge is 0.0221 e. The van der Waals surface area contributed by atoms with Crippen molar-refractivity contribution in [3.05, 3.63) is 0 Å². The first-order chi connectivity index (χ1) is 6.38. The van der Waals surface area contributed by atoms with E-state index in [0.717, 1.165) is 6.04 Å². The molecule has 2 nitrogen and oxygen atoms in total. The first kappa shape index (κ1) is 11.0. The molecule has 78 valence electrons. The van der Waals surface area contributed by atoms with E-state index >= 15 is 0 Å². The zero-order chi connectivity index (χ0) is 9.52. The van der Waals surface area contributed by atoms with Crippen molar-refractivity contribution < 1.29 is 0 Å². The topological polar surface area (TPSA) is 15.3 Å². The SMILES string of the molecule is CCCN(CCC)[C@H]1CCCNC1. The van der Waals surface area contributed by atoms with Gasteiger partial charge in [-0.15, -0.1) is 0 Å². The molecular weight excluding hydrogens is 160 g/mol. The molecule has 1 fully saturated rings. The fourth-order valence-electron chi connectivity index (χ4n) is 2.20. The van der Waals surface area contributed by atoms with E-state index in [1.54, 1.807) is 0 Å². The van der Waals surface area contributed by atoms with Gasteiger partial charge in [-0.25, -0.2) is 0 Å². The largest absolute Gasteiger partial charge is 0.315 e. The van der Waals surface area contributed by atoms with Crippen LogP contribution in [-0.4, -0.2) is 37.1 Å². The Balaban J connectivity index is 2.32. The van der Waals surface area contributed by atoms with Gasteiger partial charge in [0.1, 0.15) is 0 Å². The van der Waals surface area contributed by atoms with Crippen molar-refractivity contribution >= 4 is 0 Å². The molecule has 1 N–H and O–H groups in total. The fraction of sp³-hybridized carbons (Fsp3) is 1.00. The van der Waals surface area contributed by atoms with Crippen molar-refractivity contribution in [3.63, 3.8) is 0 Å². The van der Waals surface area contributed by atoms with Gasteiger partial charge < -0.3 is 5.32 Å². The maximum absolute atomic E-state index is 3.49. The number of nitrogens with one attached hydrogen (secondary N) is 1. The maximum atomic E-state index is 3.49. The summed E-state index contributed by atoms with van der Waals surface area (Å²) < 4.78 is 0. The molecule has 1 heterocycles. The van der Waals surface area contributed by atoms with Gasteiger partial charge in [0.2, 0.25) is 0 Å². The van der Waals surface area contributed by atoms with E-state index in [2.05, 4.69) is 24.1 Å². The lowest BCUT2D eigenvalue weighted by Gasteiger charge is -2.34. The Hall–Kier alpha value is -0.0800. The number of nitrogens with zero attached hydrogens (tertiary/aromatic N) is 1. The maximum Gasteiger partial charge on any atom is 0.0221 e. The molecule has 1 aliphatic rings. The van der Waals surface area contributed by atoms with Crippen LogP contribution >= 0.6 is 0 Å². The van der Waals surface area contributed by atoms with Gasteiger partial charge >= 0.3 is 0 Å². The van der Waals surface area contributed by atoms with Crippen LogP contribution in [0.4, 0.5) is 0 Å². The Bertz CT molecular complexity index is 113. The van der Waals surface area contributed by atoms with Crippen molar-refractivity contribution in [3.8, 4) is 0 Å². The zero-order valence-corrected chi connectivity index (χ0v) is 9.18. The average Bonchev–Trinajstić information content (AvgIpc) is 2.19. The summed E-state index contributed by atoms with van der Waals surface area (Å²) in [5.74, 6) is 0. The minimum absolute atomic E-state index is 0.814. The predicted molar refractivity (Wildman–Crippen MR) is 58.0 cm³/mol. The van der Waals surface area contributed by atoms with Crippen LogP contribution < -0.4 is 5.32 Å². The normalized spacial score (nSPS) is 23.8. The first-order valence-electron chi connectivity index (χ1n) is 5.83. The summed E-state index contributed by atoms with van der Waals surface area (Å²) in [4.78, 5) is 2.66. The van der Waals surface area contributed by atoms with Crippen molar-refractivity contribution in [2.24, 2.45) is 0 Å². The molecule has 0 aliphatic carbocycles. The average molecular weight is 184 g/mol. The molecule has 0 saturated carbocycles. The molecule has 1 aliphatic heterocycles. The first-order valence-corrected chi connectivity index (χ1v) is 5.83. The highest BCUT2D eigenvalue weighted by atomic mass is 15.2. The predicted octanol–water partition coefficient (Wildman–Crippen LogP) is 1.86. The molecule has 0 aromatic carbocycles. The van der Waals surface area contributed by atoms with Crippen LogP contribution in [-0.2, 0) is 0 Å². The van der Waals surface area contributed by atoms with Gasteiger partial charge in [0.05, 0.1) is 0 Å². The van der Waals surface area contributed by atoms with E-state index in [0.29, 0.717) is 0 Å². The molecule has 13 heavy (non-hydrogen) atoms. The molecule has 2 heteroatoms. The Labute approximate surface area is 82.7 Å². The summed E-state index contributed by atoms with van der Waals surface area (Å²) in [6.07, 6.45) is 5.33. The van der Waals surface area contributed by atoms with Gasteiger partial charge in [-0.1, -0.05) is 13.8 Å². The highest BCUT2D eigenvalue weighted by molar-refractivity contribution is 4.77. The van der Waals surface area contributed by atoms with Crippen LogP contribution in [0.15, 0.2) is 0 Å². The lowest BCUT2D eigenvalue weighted by Crippen LogP contribution is -2.46. The van der Waals surface area contributed by atoms with Crippen LogP contribution in [0.1, 0.15) is 39.5 Å². The molecule has 0 spiro atoms. The third kappa shape index (κ3) is 3.65. The van der Waals surface area contributed by atoms with Crippen LogP contribution in [0.3, 0.4) is 0 Å². The Morgan fingerprint density at radius 1 is 1.23 bits per heavy atom. The Morgan fingerprint density at radius 3 is 2.38 bits per heavy atom. The van der Waals surface area contributed by atoms with E-state index in [1.807, 2.05) is 0 Å². The van der Waals surface area contributed by atoms with Crippen molar-refractivity contribution in [1.29, 1.82) is 0 Å². The number of piperidine rings is 1. The second kappa shape index (κ2) is 6.39. The van der Waals surface area contributed by atoms with Crippen LogP contribution in [0.5, 0.6) is 0 Å². The van der Waals surface area contributed by atoms with E-state index in [1.165, 1.54) is 51.9 Å². The minimum Gasteiger partial charge on any atom is -0.315 e. The second-order valence-corrected chi connectivity index (χ2v) is 4.04. The van der Waals surface area contributed by atoms with Crippen LogP contribution in [0, 0.1) is 0 Å². The zero-order valence-electron chi connectivity index (χ0n) is 9.18. The highest BCUT2D eigenvalue weighted by Crippen LogP contribution is 2.11. The molecule has 0 aromatic rings. The third-order valence-corrected chi connectivity index (χ3v) is 2.81. The fourth-order valence-corrected chi connectivity index (χ4v) is 2.20. The summed E-state index contributed by atoms with van der Waals surface area (Å²) in [5, 5.41) is 3.49. The van der Waals surface area contributed by atoms with Gasteiger partial charge in [0, 0.05) is 12.6 Å². The number of hydrogen-bond acceptors (Lipinski definition) is 2. The number of hydrogen-bond donors (Lipinski definition) is 1. The Kier molecular flexibility index (Phi) is 5.40. The molecule has 1 atom stereocenters. The Morgan fingerprint density at radius 2 is 1.92 bits per heavy atom. The summed E-state index contributed by atoms with van der Waals surface area (Å²) >= 11 is 0. The van der Waals surface area contributed by atoms with E-state index < -0.39 is 0 Å². The lowest BCUT2D eigenvalue weighted by atomic mass is 10.1. The van der Waals surface area contributed by atoms with Crippen molar-refractivity contribution in [2.75, 3.05) is 26.2 Å². The van der Waals surface area contributed by atoms with Gasteiger partial charge in [0.15, 0.2) is 0 Å². The van der Waals surface area contributed by atoms with Gasteiger partial charge in [-0.05, 0) is 45.3 Å². The van der Waals surface area contributed by atoms with E-state index in [4.69, 9.17) is 0 Å². The highest BCUT2D eigenvalue weighted by Gasteiger charge is 2.18. The number of rotatable bonds is 5. The van der Waals surface area contributed by atoms with Gasteiger partial charge in [-0.2, -0.15) is 0 Å². The molecule has 0 amide bonds. The molecule has 0 radical (unpaired) electrons. The molecule has 0 aromatic heterocycles. The molecule has 0 unspecified atom stereocenters. The van der Waals surface area contributed by atoms with Gasteiger partial charge in [0.25, 0.3) is 0 Å². The molecule has 1 rings (SSSR count). The molecule has 0 bridgehead atoms. The monoisotopic (exact) mass is 184 g/mol. The standard InChI is InChI=1S/C11H24N2/c1-3-8-13(9-4-2)11-6-5-7-12-10-11/h11-12H,3-10H2,1-2H3/t11-/m0/s1. The van der Waals surface area contributed by atoms with Crippen LogP contribution in [0.2, 0.25) is 0 Å². The minimum atomic E-state index is 0.814. The summed E-state index contributed by atoms with van der Waals surface area (Å²) in [6, 6.07) is 0.814. The van der Waals surface area contributed by atoms with E-state index in [-0.39, 0.29) is 0 Å². The second-order valence-electron chi connectivity index (χ2n) is 4.04. The van der Waals surface area contributed by atoms with Crippen LogP contribution in [0.25, 0.3) is 0 Å². The molecule has 1 saturated heterocycles. The van der Waals surface area contributed by atoms with Crippen molar-refractivity contribution in [1.82, 2.24) is 10.2 Å². The van der Waals surface area contributed by atoms with Crippen molar-refractivity contribution in [2.45, 2.75) is 45.6 Å². The third-order valence-electron chi connectivity index (χ3n) is 2.81. The quantitative estimate of drug-likeness (QED) is 0.701.